The fourth-order valence-electron chi connectivity index (χ4n) is 1.79. The molecular formula is C15H21NO4S. The first kappa shape index (κ1) is 17.4. The standard InChI is InChI=1S/C15H21NO4S/c1-4-11-16(12-15(17)20-6-3)21(18,19)14-9-7-13(5-2)8-10-14/h4,7-10H,1,5-6,11-12H2,2-3H3. The summed E-state index contributed by atoms with van der Waals surface area (Å²) in [5, 5.41) is 0. The number of esters is 1. The first-order chi connectivity index (χ1) is 9.95. The molecule has 0 atom stereocenters. The van der Waals surface area contributed by atoms with Gasteiger partial charge in [0.2, 0.25) is 10.0 Å². The Morgan fingerprint density at radius 3 is 2.38 bits per heavy atom. The summed E-state index contributed by atoms with van der Waals surface area (Å²) in [6.07, 6.45) is 2.27. The molecule has 0 aliphatic heterocycles. The Labute approximate surface area is 126 Å². The van der Waals surface area contributed by atoms with E-state index in [9.17, 15) is 13.2 Å². The average Bonchev–Trinajstić information content (AvgIpc) is 2.47. The fourth-order valence-corrected chi connectivity index (χ4v) is 3.14. The lowest BCUT2D eigenvalue weighted by Gasteiger charge is -2.19. The monoisotopic (exact) mass is 311 g/mol. The molecule has 1 aromatic rings. The summed E-state index contributed by atoms with van der Waals surface area (Å²) in [5.74, 6) is -0.576. The van der Waals surface area contributed by atoms with Crippen molar-refractivity contribution in [3.8, 4) is 0 Å². The van der Waals surface area contributed by atoms with Gasteiger partial charge in [0.05, 0.1) is 11.5 Å². The third kappa shape index (κ3) is 4.68. The third-order valence-corrected chi connectivity index (χ3v) is 4.74. The van der Waals surface area contributed by atoms with Crippen molar-refractivity contribution in [2.75, 3.05) is 19.7 Å². The molecule has 1 rings (SSSR count). The normalized spacial score (nSPS) is 11.4. The number of ether oxygens (including phenoxy) is 1. The molecule has 0 spiro atoms. The van der Waals surface area contributed by atoms with Crippen LogP contribution in [0.3, 0.4) is 0 Å². The molecule has 0 heterocycles. The van der Waals surface area contributed by atoms with Crippen molar-refractivity contribution in [2.24, 2.45) is 0 Å². The highest BCUT2D eigenvalue weighted by molar-refractivity contribution is 7.89. The van der Waals surface area contributed by atoms with E-state index >= 15 is 0 Å². The first-order valence-electron chi connectivity index (χ1n) is 6.81. The molecule has 0 saturated carbocycles. The Kier molecular flexibility index (Phi) is 6.58. The van der Waals surface area contributed by atoms with Crippen molar-refractivity contribution in [1.82, 2.24) is 4.31 Å². The summed E-state index contributed by atoms with van der Waals surface area (Å²) in [4.78, 5) is 11.7. The van der Waals surface area contributed by atoms with Gasteiger partial charge in [0.15, 0.2) is 0 Å². The van der Waals surface area contributed by atoms with E-state index in [0.717, 1.165) is 16.3 Å². The lowest BCUT2D eigenvalue weighted by atomic mass is 10.2. The van der Waals surface area contributed by atoms with Gasteiger partial charge < -0.3 is 4.74 Å². The lowest BCUT2D eigenvalue weighted by Crippen LogP contribution is -2.36. The van der Waals surface area contributed by atoms with Gasteiger partial charge in [-0.15, -0.1) is 6.58 Å². The highest BCUT2D eigenvalue weighted by Gasteiger charge is 2.26. The fraction of sp³-hybridized carbons (Fsp3) is 0.400. The van der Waals surface area contributed by atoms with Gasteiger partial charge in [0, 0.05) is 6.54 Å². The number of hydrogen-bond acceptors (Lipinski definition) is 4. The molecule has 0 bridgehead atoms. The van der Waals surface area contributed by atoms with Crippen molar-refractivity contribution < 1.29 is 17.9 Å². The molecule has 0 radical (unpaired) electrons. The number of carbonyl (C=O) groups excluding carboxylic acids is 1. The van der Waals surface area contributed by atoms with E-state index in [1.54, 1.807) is 31.2 Å². The van der Waals surface area contributed by atoms with Gasteiger partial charge in [0.25, 0.3) is 0 Å². The molecule has 0 saturated heterocycles. The van der Waals surface area contributed by atoms with Crippen LogP contribution >= 0.6 is 0 Å². The van der Waals surface area contributed by atoms with Crippen LogP contribution in [0.15, 0.2) is 41.8 Å². The zero-order chi connectivity index (χ0) is 15.9. The number of nitrogens with zero attached hydrogens (tertiary/aromatic N) is 1. The van der Waals surface area contributed by atoms with E-state index in [-0.39, 0.29) is 24.6 Å². The number of hydrogen-bond donors (Lipinski definition) is 0. The van der Waals surface area contributed by atoms with Gasteiger partial charge in [0.1, 0.15) is 6.54 Å². The molecule has 1 aromatic carbocycles. The molecule has 0 aliphatic rings. The van der Waals surface area contributed by atoms with Crippen LogP contribution in [0.2, 0.25) is 0 Å². The summed E-state index contributed by atoms with van der Waals surface area (Å²) < 4.78 is 30.9. The van der Waals surface area contributed by atoms with Gasteiger partial charge in [-0.2, -0.15) is 4.31 Å². The Bertz CT molecular complexity index is 578. The summed E-state index contributed by atoms with van der Waals surface area (Å²) in [7, 11) is -3.74. The van der Waals surface area contributed by atoms with Crippen LogP contribution in [-0.2, 0) is 26.0 Å². The van der Waals surface area contributed by atoms with E-state index < -0.39 is 16.0 Å². The van der Waals surface area contributed by atoms with E-state index in [1.807, 2.05) is 6.92 Å². The van der Waals surface area contributed by atoms with Crippen LogP contribution in [0.1, 0.15) is 19.4 Å². The van der Waals surface area contributed by atoms with Crippen molar-refractivity contribution in [1.29, 1.82) is 0 Å². The number of rotatable bonds is 8. The minimum atomic E-state index is -3.74. The zero-order valence-corrected chi connectivity index (χ0v) is 13.2. The van der Waals surface area contributed by atoms with E-state index in [2.05, 4.69) is 6.58 Å². The zero-order valence-electron chi connectivity index (χ0n) is 12.4. The van der Waals surface area contributed by atoms with Gasteiger partial charge in [-0.1, -0.05) is 25.1 Å². The van der Waals surface area contributed by atoms with Gasteiger partial charge in [-0.25, -0.2) is 8.42 Å². The molecule has 116 valence electrons. The maximum atomic E-state index is 12.5. The molecule has 0 aliphatic carbocycles. The third-order valence-electron chi connectivity index (χ3n) is 2.91. The Morgan fingerprint density at radius 2 is 1.90 bits per heavy atom. The highest BCUT2D eigenvalue weighted by Crippen LogP contribution is 2.17. The summed E-state index contributed by atoms with van der Waals surface area (Å²) in [6.45, 7) is 7.14. The first-order valence-corrected chi connectivity index (χ1v) is 8.25. The maximum Gasteiger partial charge on any atom is 0.321 e. The molecule has 21 heavy (non-hydrogen) atoms. The minimum absolute atomic E-state index is 0.0523. The Morgan fingerprint density at radius 1 is 1.29 bits per heavy atom. The smallest absolute Gasteiger partial charge is 0.321 e. The average molecular weight is 311 g/mol. The lowest BCUT2D eigenvalue weighted by molar-refractivity contribution is -0.143. The van der Waals surface area contributed by atoms with Crippen LogP contribution in [0.5, 0.6) is 0 Å². The second kappa shape index (κ2) is 7.95. The molecule has 0 amide bonds. The SMILES string of the molecule is C=CCN(CC(=O)OCC)S(=O)(=O)c1ccc(CC)cc1. The molecular weight excluding hydrogens is 290 g/mol. The largest absolute Gasteiger partial charge is 0.465 e. The van der Waals surface area contributed by atoms with Crippen molar-refractivity contribution >= 4 is 16.0 Å². The van der Waals surface area contributed by atoms with Crippen LogP contribution in [0, 0.1) is 0 Å². The van der Waals surface area contributed by atoms with Crippen LogP contribution in [-0.4, -0.2) is 38.4 Å². The number of carbonyl (C=O) groups is 1. The van der Waals surface area contributed by atoms with E-state index in [4.69, 9.17) is 4.74 Å². The van der Waals surface area contributed by atoms with Crippen molar-refractivity contribution in [3.63, 3.8) is 0 Å². The van der Waals surface area contributed by atoms with Crippen LogP contribution in [0.4, 0.5) is 0 Å². The molecule has 5 nitrogen and oxygen atoms in total. The molecule has 6 heteroatoms. The maximum absolute atomic E-state index is 12.5. The van der Waals surface area contributed by atoms with Gasteiger partial charge in [-0.05, 0) is 31.0 Å². The second-order valence-corrected chi connectivity index (χ2v) is 6.33. The van der Waals surface area contributed by atoms with E-state index in [1.165, 1.54) is 6.08 Å². The summed E-state index contributed by atoms with van der Waals surface area (Å²) in [5.41, 5.74) is 1.05. The molecule has 0 N–H and O–H groups in total. The minimum Gasteiger partial charge on any atom is -0.465 e. The van der Waals surface area contributed by atoms with Gasteiger partial charge in [-0.3, -0.25) is 4.79 Å². The van der Waals surface area contributed by atoms with E-state index in [0.29, 0.717) is 0 Å². The topological polar surface area (TPSA) is 63.7 Å². The predicted octanol–water partition coefficient (Wildman–Crippen LogP) is 1.99. The van der Waals surface area contributed by atoms with Crippen LogP contribution < -0.4 is 0 Å². The Hall–Kier alpha value is -1.66. The summed E-state index contributed by atoms with van der Waals surface area (Å²) in [6, 6.07) is 6.64. The Balaban J connectivity index is 3.02. The number of aryl methyl sites for hydroxylation is 1. The quantitative estimate of drug-likeness (QED) is 0.544. The van der Waals surface area contributed by atoms with Crippen molar-refractivity contribution in [2.45, 2.75) is 25.2 Å². The predicted molar refractivity (Wildman–Crippen MR) is 81.4 cm³/mol. The second-order valence-electron chi connectivity index (χ2n) is 4.39. The highest BCUT2D eigenvalue weighted by atomic mass is 32.2. The molecule has 0 aromatic heterocycles. The van der Waals surface area contributed by atoms with Crippen LogP contribution in [0.25, 0.3) is 0 Å². The number of benzene rings is 1. The van der Waals surface area contributed by atoms with Crippen molar-refractivity contribution in [3.05, 3.63) is 42.5 Å². The molecule has 0 unspecified atom stereocenters. The molecule has 0 fully saturated rings. The number of sulfonamides is 1. The van der Waals surface area contributed by atoms with Gasteiger partial charge >= 0.3 is 5.97 Å². The summed E-state index contributed by atoms with van der Waals surface area (Å²) >= 11 is 0.